The number of hydrogen-bond acceptors (Lipinski definition) is 3. The Morgan fingerprint density at radius 1 is 1.60 bits per heavy atom. The first-order chi connectivity index (χ1) is 4.70. The third-order valence-corrected chi connectivity index (χ3v) is 4.43. The molecular weight excluding hydrogens is 164 g/mol. The average molecular weight is 176 g/mol. The van der Waals surface area contributed by atoms with Gasteiger partial charge in [-0.25, -0.2) is 0 Å². The highest BCUT2D eigenvalue weighted by atomic mass is 32.2. The third kappa shape index (κ3) is 2.20. The lowest BCUT2D eigenvalue weighted by molar-refractivity contribution is -0.113. The average Bonchev–Trinajstić information content (AvgIpc) is 1.77. The highest BCUT2D eigenvalue weighted by molar-refractivity contribution is 8.16. The zero-order valence-electron chi connectivity index (χ0n) is 6.29. The van der Waals surface area contributed by atoms with Crippen LogP contribution in [0.5, 0.6) is 0 Å². The van der Waals surface area contributed by atoms with Crippen LogP contribution in [-0.4, -0.2) is 21.9 Å². The van der Waals surface area contributed by atoms with E-state index >= 15 is 0 Å². The maximum atomic E-state index is 11.1. The Labute approximate surface area is 70.3 Å². The molecule has 0 spiro atoms. The Morgan fingerprint density at radius 2 is 2.20 bits per heavy atom. The van der Waals surface area contributed by atoms with E-state index in [0.717, 1.165) is 0 Å². The first-order valence-electron chi connectivity index (χ1n) is 3.48. The quantitative estimate of drug-likeness (QED) is 0.641. The van der Waals surface area contributed by atoms with E-state index in [1.54, 1.807) is 0 Å². The Hall–Kier alpha value is 0.370. The minimum absolute atomic E-state index is 0.204. The van der Waals surface area contributed by atoms with Gasteiger partial charge < -0.3 is 0 Å². The fourth-order valence-corrected chi connectivity index (χ4v) is 2.73. The molecular formula is C7H12OS2. The van der Waals surface area contributed by atoms with Gasteiger partial charge >= 0.3 is 0 Å². The van der Waals surface area contributed by atoms with Gasteiger partial charge in [-0.3, -0.25) is 4.79 Å². The van der Waals surface area contributed by atoms with Gasteiger partial charge in [0.2, 0.25) is 0 Å². The van der Waals surface area contributed by atoms with Gasteiger partial charge in [0.15, 0.2) is 5.12 Å². The lowest BCUT2D eigenvalue weighted by atomic mass is 10.3. The van der Waals surface area contributed by atoms with Gasteiger partial charge in [0.05, 0.1) is 0 Å². The fraction of sp³-hybridized carbons (Fsp3) is 0.857. The van der Waals surface area contributed by atoms with Crippen LogP contribution in [-0.2, 0) is 4.79 Å². The third-order valence-electron chi connectivity index (χ3n) is 1.36. The van der Waals surface area contributed by atoms with Crippen LogP contribution in [0, 0.1) is 5.92 Å². The molecule has 0 bridgehead atoms. The largest absolute Gasteiger partial charge is 0.287 e. The summed E-state index contributed by atoms with van der Waals surface area (Å²) < 4.78 is 0. The van der Waals surface area contributed by atoms with E-state index in [1.807, 2.05) is 25.6 Å². The summed E-state index contributed by atoms with van der Waals surface area (Å²) in [5.41, 5.74) is 0. The summed E-state index contributed by atoms with van der Waals surface area (Å²) in [6.45, 7) is 3.92. The van der Waals surface area contributed by atoms with Crippen molar-refractivity contribution in [3.8, 4) is 0 Å². The first-order valence-corrected chi connectivity index (χ1v) is 5.52. The van der Waals surface area contributed by atoms with Crippen LogP contribution in [0.1, 0.15) is 13.8 Å². The summed E-state index contributed by atoms with van der Waals surface area (Å²) >= 11 is 3.46. The van der Waals surface area contributed by atoms with E-state index in [9.17, 15) is 4.79 Å². The second-order valence-corrected chi connectivity index (χ2v) is 5.13. The van der Waals surface area contributed by atoms with Crippen molar-refractivity contribution >= 4 is 28.6 Å². The lowest BCUT2D eigenvalue weighted by Gasteiger charge is -2.23. The van der Waals surface area contributed by atoms with Crippen LogP contribution in [0.4, 0.5) is 0 Å². The molecule has 0 atom stereocenters. The summed E-state index contributed by atoms with van der Waals surface area (Å²) in [6.07, 6.45) is 0. The second kappa shape index (κ2) is 3.67. The lowest BCUT2D eigenvalue weighted by Crippen LogP contribution is -2.23. The molecule has 1 fully saturated rings. The number of carbonyl (C=O) groups excluding carboxylic acids is 1. The molecule has 0 N–H and O–H groups in total. The summed E-state index contributed by atoms with van der Waals surface area (Å²) in [5.74, 6) is 2.54. The minimum Gasteiger partial charge on any atom is -0.287 e. The van der Waals surface area contributed by atoms with Crippen molar-refractivity contribution in [2.45, 2.75) is 19.1 Å². The highest BCUT2D eigenvalue weighted by Gasteiger charge is 2.22. The van der Waals surface area contributed by atoms with Crippen LogP contribution in [0.3, 0.4) is 0 Å². The molecule has 0 aromatic rings. The Kier molecular flexibility index (Phi) is 3.11. The minimum atomic E-state index is 0.204. The van der Waals surface area contributed by atoms with Gasteiger partial charge in [0, 0.05) is 22.7 Å². The van der Waals surface area contributed by atoms with Gasteiger partial charge in [0.1, 0.15) is 0 Å². The van der Waals surface area contributed by atoms with E-state index in [2.05, 4.69) is 0 Å². The highest BCUT2D eigenvalue weighted by Crippen LogP contribution is 2.30. The summed E-state index contributed by atoms with van der Waals surface area (Å²) in [5, 5.41) is 0.977. The Bertz CT molecular complexity index is 130. The molecule has 0 aromatic carbocycles. The fourth-order valence-electron chi connectivity index (χ4n) is 0.582. The van der Waals surface area contributed by atoms with E-state index < -0.39 is 0 Å². The molecule has 1 aliphatic heterocycles. The molecule has 3 heteroatoms. The van der Waals surface area contributed by atoms with Crippen molar-refractivity contribution in [1.29, 1.82) is 0 Å². The van der Waals surface area contributed by atoms with Crippen molar-refractivity contribution in [2.24, 2.45) is 5.92 Å². The molecule has 1 nitrogen and oxygen atoms in total. The Morgan fingerprint density at radius 3 is 2.50 bits per heavy atom. The van der Waals surface area contributed by atoms with E-state index in [0.29, 0.717) is 10.4 Å². The SMILES string of the molecule is CC(C)C(=O)SC1CSC1. The van der Waals surface area contributed by atoms with Crippen LogP contribution < -0.4 is 0 Å². The van der Waals surface area contributed by atoms with Crippen molar-refractivity contribution in [2.75, 3.05) is 11.5 Å². The van der Waals surface area contributed by atoms with Crippen LogP contribution in [0.15, 0.2) is 0 Å². The summed E-state index contributed by atoms with van der Waals surface area (Å²) in [7, 11) is 0. The number of carbonyl (C=O) groups is 1. The van der Waals surface area contributed by atoms with Crippen molar-refractivity contribution in [1.82, 2.24) is 0 Å². The predicted octanol–water partition coefficient (Wildman–Crippen LogP) is 2.02. The maximum Gasteiger partial charge on any atom is 0.191 e. The van der Waals surface area contributed by atoms with Gasteiger partial charge in [-0.15, -0.1) is 0 Å². The van der Waals surface area contributed by atoms with Crippen molar-refractivity contribution < 1.29 is 4.79 Å². The molecule has 1 aliphatic rings. The zero-order chi connectivity index (χ0) is 7.56. The molecule has 1 saturated heterocycles. The second-order valence-electron chi connectivity index (χ2n) is 2.75. The molecule has 0 aliphatic carbocycles. The number of thioether (sulfide) groups is 2. The molecule has 10 heavy (non-hydrogen) atoms. The normalized spacial score (nSPS) is 19.1. The van der Waals surface area contributed by atoms with Crippen molar-refractivity contribution in [3.05, 3.63) is 0 Å². The maximum absolute atomic E-state index is 11.1. The summed E-state index contributed by atoms with van der Waals surface area (Å²) in [4.78, 5) is 11.1. The number of hydrogen-bond donors (Lipinski definition) is 0. The zero-order valence-corrected chi connectivity index (χ0v) is 7.93. The monoisotopic (exact) mass is 176 g/mol. The number of rotatable bonds is 2. The smallest absolute Gasteiger partial charge is 0.191 e. The van der Waals surface area contributed by atoms with Gasteiger partial charge in [0.25, 0.3) is 0 Å². The first kappa shape index (κ1) is 8.47. The molecule has 0 unspecified atom stereocenters. The van der Waals surface area contributed by atoms with Crippen LogP contribution in [0.25, 0.3) is 0 Å². The Balaban J connectivity index is 2.17. The predicted molar refractivity (Wildman–Crippen MR) is 48.5 cm³/mol. The molecule has 0 aromatic heterocycles. The van der Waals surface area contributed by atoms with Gasteiger partial charge in [-0.2, -0.15) is 11.8 Å². The molecule has 0 saturated carbocycles. The standard InChI is InChI=1S/C7H12OS2/c1-5(2)7(8)10-6-3-9-4-6/h5-6H,3-4H2,1-2H3. The van der Waals surface area contributed by atoms with Gasteiger partial charge in [-0.1, -0.05) is 25.6 Å². The molecule has 1 rings (SSSR count). The van der Waals surface area contributed by atoms with Crippen LogP contribution >= 0.6 is 23.5 Å². The topological polar surface area (TPSA) is 17.1 Å². The van der Waals surface area contributed by atoms with Crippen molar-refractivity contribution in [3.63, 3.8) is 0 Å². The summed E-state index contributed by atoms with van der Waals surface area (Å²) in [6, 6.07) is 0. The van der Waals surface area contributed by atoms with Gasteiger partial charge in [-0.05, 0) is 0 Å². The molecule has 58 valence electrons. The molecule has 0 amide bonds. The molecule has 0 radical (unpaired) electrons. The van der Waals surface area contributed by atoms with Crippen LogP contribution in [0.2, 0.25) is 0 Å². The van der Waals surface area contributed by atoms with E-state index in [4.69, 9.17) is 0 Å². The molecule has 1 heterocycles. The van der Waals surface area contributed by atoms with E-state index in [1.165, 1.54) is 23.3 Å². The van der Waals surface area contributed by atoms with E-state index in [-0.39, 0.29) is 5.92 Å².